The maximum atomic E-state index is 12.6. The third-order valence-electron chi connectivity index (χ3n) is 4.43. The normalized spacial score (nSPS) is 13.2. The molecule has 2 atom stereocenters. The minimum Gasteiger partial charge on any atom is -0.455 e. The summed E-state index contributed by atoms with van der Waals surface area (Å²) in [6.07, 6.45) is 4.98. The second-order valence-corrected chi connectivity index (χ2v) is 7.31. The van der Waals surface area contributed by atoms with Crippen LogP contribution in [0.1, 0.15) is 35.8 Å². The van der Waals surface area contributed by atoms with Crippen molar-refractivity contribution in [1.29, 1.82) is 0 Å². The van der Waals surface area contributed by atoms with Gasteiger partial charge in [-0.05, 0) is 37.1 Å². The lowest BCUT2D eigenvalue weighted by atomic mass is 10.0. The fourth-order valence-corrected chi connectivity index (χ4v) is 3.19. The molecular formula is C21H20Cl2N2O2. The summed E-state index contributed by atoms with van der Waals surface area (Å²) >= 11 is 12.0. The van der Waals surface area contributed by atoms with E-state index in [1.54, 1.807) is 30.7 Å². The molecule has 0 fully saturated rings. The van der Waals surface area contributed by atoms with Crippen molar-refractivity contribution in [3.05, 3.63) is 87.9 Å². The highest BCUT2D eigenvalue weighted by atomic mass is 35.5. The molecule has 0 saturated heterocycles. The summed E-state index contributed by atoms with van der Waals surface area (Å²) in [7, 11) is 0. The van der Waals surface area contributed by atoms with E-state index in [2.05, 4.69) is 4.98 Å². The fraction of sp³-hybridized carbons (Fsp3) is 0.238. The topological polar surface area (TPSA) is 44.1 Å². The molecule has 0 aliphatic heterocycles. The summed E-state index contributed by atoms with van der Waals surface area (Å²) in [5.41, 5.74) is 2.84. The van der Waals surface area contributed by atoms with E-state index in [1.165, 1.54) is 0 Å². The average molecular weight is 403 g/mol. The molecule has 140 valence electrons. The Morgan fingerprint density at radius 2 is 1.89 bits per heavy atom. The van der Waals surface area contributed by atoms with Crippen LogP contribution in [0.5, 0.6) is 0 Å². The number of carbonyl (C=O) groups excluding carboxylic acids is 1. The highest BCUT2D eigenvalue weighted by Gasteiger charge is 2.25. The molecule has 27 heavy (non-hydrogen) atoms. The number of nitrogens with zero attached hydrogens (tertiary/aromatic N) is 2. The van der Waals surface area contributed by atoms with Crippen LogP contribution in [0.25, 0.3) is 0 Å². The van der Waals surface area contributed by atoms with Crippen LogP contribution in [0.2, 0.25) is 10.0 Å². The van der Waals surface area contributed by atoms with Gasteiger partial charge in [-0.15, -0.1) is 0 Å². The summed E-state index contributed by atoms with van der Waals surface area (Å²) in [4.78, 5) is 16.7. The highest BCUT2D eigenvalue weighted by molar-refractivity contribution is 6.42. The van der Waals surface area contributed by atoms with Crippen LogP contribution >= 0.6 is 23.2 Å². The summed E-state index contributed by atoms with van der Waals surface area (Å²) in [6.45, 7) is 4.02. The van der Waals surface area contributed by atoms with Crippen molar-refractivity contribution in [3.8, 4) is 0 Å². The number of benzene rings is 2. The van der Waals surface area contributed by atoms with Crippen LogP contribution in [0.3, 0.4) is 0 Å². The Morgan fingerprint density at radius 1 is 1.15 bits per heavy atom. The number of carbonyl (C=O) groups is 1. The van der Waals surface area contributed by atoms with E-state index >= 15 is 0 Å². The van der Waals surface area contributed by atoms with Crippen LogP contribution < -0.4 is 0 Å². The van der Waals surface area contributed by atoms with Crippen LogP contribution in [-0.2, 0) is 16.0 Å². The minimum absolute atomic E-state index is 0.104. The largest absolute Gasteiger partial charge is 0.455 e. The molecule has 0 radical (unpaired) electrons. The molecule has 0 bridgehead atoms. The van der Waals surface area contributed by atoms with E-state index in [-0.39, 0.29) is 18.4 Å². The van der Waals surface area contributed by atoms with Crippen LogP contribution in [0.15, 0.2) is 61.2 Å². The third-order valence-corrected chi connectivity index (χ3v) is 5.17. The molecule has 3 rings (SSSR count). The molecule has 0 amide bonds. The van der Waals surface area contributed by atoms with Gasteiger partial charge in [0.15, 0.2) is 0 Å². The van der Waals surface area contributed by atoms with Gasteiger partial charge in [0.2, 0.25) is 0 Å². The molecule has 1 heterocycles. The Labute approximate surface area is 168 Å². The summed E-state index contributed by atoms with van der Waals surface area (Å²) < 4.78 is 7.80. The number of halogens is 2. The average Bonchev–Trinajstić information content (AvgIpc) is 3.18. The molecular weight excluding hydrogens is 383 g/mol. The number of rotatable bonds is 6. The van der Waals surface area contributed by atoms with Gasteiger partial charge in [0, 0.05) is 12.4 Å². The van der Waals surface area contributed by atoms with E-state index < -0.39 is 6.10 Å². The fourth-order valence-electron chi connectivity index (χ4n) is 2.87. The molecule has 3 aromatic rings. The Hall–Kier alpha value is -2.30. The van der Waals surface area contributed by atoms with Gasteiger partial charge in [-0.3, -0.25) is 4.79 Å². The molecule has 1 aromatic heterocycles. The molecule has 0 spiro atoms. The summed E-state index contributed by atoms with van der Waals surface area (Å²) in [5.74, 6) is -0.328. The molecule has 2 aromatic carbocycles. The second kappa shape index (κ2) is 8.59. The first-order valence-corrected chi connectivity index (χ1v) is 9.37. The lowest BCUT2D eigenvalue weighted by Gasteiger charge is -2.26. The lowest BCUT2D eigenvalue weighted by molar-refractivity contribution is -0.150. The van der Waals surface area contributed by atoms with Crippen LogP contribution in [0.4, 0.5) is 0 Å². The molecule has 4 nitrogen and oxygen atoms in total. The highest BCUT2D eigenvalue weighted by Crippen LogP contribution is 2.31. The van der Waals surface area contributed by atoms with Gasteiger partial charge in [-0.1, -0.05) is 59.1 Å². The Bertz CT molecular complexity index is 908. The second-order valence-electron chi connectivity index (χ2n) is 6.50. The van der Waals surface area contributed by atoms with Crippen molar-refractivity contribution in [1.82, 2.24) is 9.55 Å². The molecule has 2 unspecified atom stereocenters. The molecule has 6 heteroatoms. The predicted octanol–water partition coefficient (Wildman–Crippen LogP) is 5.59. The van der Waals surface area contributed by atoms with E-state index in [1.807, 2.05) is 48.9 Å². The third kappa shape index (κ3) is 4.90. The first kappa shape index (κ1) is 19.5. The number of imidazole rings is 1. The van der Waals surface area contributed by atoms with Crippen molar-refractivity contribution >= 4 is 29.2 Å². The summed E-state index contributed by atoms with van der Waals surface area (Å²) in [6, 6.07) is 13.0. The maximum Gasteiger partial charge on any atom is 0.310 e. The number of esters is 1. The predicted molar refractivity (Wildman–Crippen MR) is 107 cm³/mol. The van der Waals surface area contributed by atoms with E-state index in [0.717, 1.165) is 16.7 Å². The smallest absolute Gasteiger partial charge is 0.310 e. The zero-order chi connectivity index (χ0) is 19.4. The quantitative estimate of drug-likeness (QED) is 0.504. The van der Waals surface area contributed by atoms with Crippen LogP contribution in [-0.4, -0.2) is 15.5 Å². The van der Waals surface area contributed by atoms with Crippen molar-refractivity contribution < 1.29 is 9.53 Å². The Morgan fingerprint density at radius 3 is 2.52 bits per heavy atom. The van der Waals surface area contributed by atoms with Crippen LogP contribution in [0, 0.1) is 6.92 Å². The van der Waals surface area contributed by atoms with Gasteiger partial charge in [0.25, 0.3) is 0 Å². The van der Waals surface area contributed by atoms with Gasteiger partial charge >= 0.3 is 5.97 Å². The minimum atomic E-state index is -0.435. The van der Waals surface area contributed by atoms with Crippen molar-refractivity contribution in [2.24, 2.45) is 0 Å². The van der Waals surface area contributed by atoms with E-state index in [0.29, 0.717) is 10.0 Å². The van der Waals surface area contributed by atoms with E-state index in [9.17, 15) is 4.79 Å². The van der Waals surface area contributed by atoms with Gasteiger partial charge < -0.3 is 9.30 Å². The standard InChI is InChI=1S/C21H20Cl2N2O2/c1-14-3-6-17(7-4-14)21(15(2)25-10-9-24-13-25)27-20(26)12-16-5-8-18(22)19(23)11-16/h3-11,13,15,21H,12H2,1-2H3. The number of aryl methyl sites for hydroxylation is 1. The molecule has 0 aliphatic rings. The number of hydrogen-bond donors (Lipinski definition) is 0. The molecule has 0 aliphatic carbocycles. The van der Waals surface area contributed by atoms with Gasteiger partial charge in [0.1, 0.15) is 6.10 Å². The first-order valence-electron chi connectivity index (χ1n) is 8.61. The number of aromatic nitrogens is 2. The van der Waals surface area contributed by atoms with Crippen molar-refractivity contribution in [2.45, 2.75) is 32.4 Å². The van der Waals surface area contributed by atoms with Gasteiger partial charge in [-0.25, -0.2) is 4.98 Å². The Balaban J connectivity index is 1.80. The number of ether oxygens (including phenoxy) is 1. The van der Waals surface area contributed by atoms with Gasteiger partial charge in [-0.2, -0.15) is 0 Å². The van der Waals surface area contributed by atoms with Crippen molar-refractivity contribution in [2.75, 3.05) is 0 Å². The monoisotopic (exact) mass is 402 g/mol. The number of hydrogen-bond acceptors (Lipinski definition) is 3. The Kier molecular flexibility index (Phi) is 6.19. The zero-order valence-electron chi connectivity index (χ0n) is 15.1. The molecule has 0 N–H and O–H groups in total. The lowest BCUT2D eigenvalue weighted by Crippen LogP contribution is -2.21. The van der Waals surface area contributed by atoms with Crippen molar-refractivity contribution in [3.63, 3.8) is 0 Å². The first-order chi connectivity index (χ1) is 12.9. The molecule has 0 saturated carbocycles. The van der Waals surface area contributed by atoms with Gasteiger partial charge in [0.05, 0.1) is 28.8 Å². The SMILES string of the molecule is Cc1ccc(C(OC(=O)Cc2ccc(Cl)c(Cl)c2)C(C)n2ccnc2)cc1. The maximum absolute atomic E-state index is 12.6. The van der Waals surface area contributed by atoms with E-state index in [4.69, 9.17) is 27.9 Å². The zero-order valence-corrected chi connectivity index (χ0v) is 16.6. The summed E-state index contributed by atoms with van der Waals surface area (Å²) in [5, 5.41) is 0.879.